The number of rotatable bonds is 13. The van der Waals surface area contributed by atoms with Crippen molar-refractivity contribution >= 4 is 46.4 Å². The molecule has 0 aliphatic heterocycles. The zero-order valence-corrected chi connectivity index (χ0v) is 40.1. The van der Waals surface area contributed by atoms with E-state index < -0.39 is 21.8 Å². The average Bonchev–Trinajstić information content (AvgIpc) is 3.44. The molecule has 0 unspecified atom stereocenters. The van der Waals surface area contributed by atoms with Gasteiger partial charge in [-0.2, -0.15) is 0 Å². The third kappa shape index (κ3) is 17.9. The molecule has 75 heavy (non-hydrogen) atoms. The van der Waals surface area contributed by atoms with Gasteiger partial charge >= 0.3 is 11.4 Å². The van der Waals surface area contributed by atoms with Crippen molar-refractivity contribution in [1.29, 1.82) is 10.5 Å². The van der Waals surface area contributed by atoms with E-state index in [-0.39, 0.29) is 77.5 Å². The molecule has 2 heterocycles. The second kappa shape index (κ2) is 35.0. The van der Waals surface area contributed by atoms with E-state index in [1.165, 1.54) is 90.8 Å². The minimum atomic E-state index is -2.01. The fraction of sp³-hybridized carbons (Fsp3) is 0.224. The van der Waals surface area contributed by atoms with E-state index in [0.29, 0.717) is 23.3 Å². The van der Waals surface area contributed by atoms with E-state index in [0.717, 1.165) is 28.7 Å². The molecule has 26 nitrogen and oxygen atoms in total. The van der Waals surface area contributed by atoms with Crippen LogP contribution in [0, 0.1) is 43.9 Å². The van der Waals surface area contributed by atoms with Crippen molar-refractivity contribution < 1.29 is 77.1 Å². The summed E-state index contributed by atoms with van der Waals surface area (Å²) >= 11 is 0. The molecule has 2 N–H and O–H groups in total. The molecule has 0 bridgehead atoms. The van der Waals surface area contributed by atoms with Gasteiger partial charge in [-0.05, 0) is 66.7 Å². The Morgan fingerprint density at radius 1 is 0.573 bits per heavy atom. The maximum atomic E-state index is 11.1. The van der Waals surface area contributed by atoms with Gasteiger partial charge in [-0.3, -0.25) is 39.4 Å². The Labute approximate surface area is 430 Å². The second-order valence-electron chi connectivity index (χ2n) is 12.8. The first-order chi connectivity index (χ1) is 35.1. The van der Waals surface area contributed by atoms with Crippen molar-refractivity contribution in [3.05, 3.63) is 140 Å². The number of ketones is 2. The number of allylic oxidation sites excluding steroid dienone is 2. The highest BCUT2D eigenvalue weighted by molar-refractivity contribution is 6.20. The summed E-state index contributed by atoms with van der Waals surface area (Å²) in [7, 11) is 11.5. The number of aliphatic hydroxyl groups excluding tert-OH is 1. The zero-order chi connectivity index (χ0) is 55.2. The van der Waals surface area contributed by atoms with Gasteiger partial charge in [0.15, 0.2) is 36.1 Å². The van der Waals surface area contributed by atoms with Gasteiger partial charge in [-0.1, -0.05) is 14.9 Å². The van der Waals surface area contributed by atoms with Crippen LogP contribution < -0.4 is 37.9 Å². The predicted octanol–water partition coefficient (Wildman–Crippen LogP) is 7.15. The van der Waals surface area contributed by atoms with Gasteiger partial charge in [0, 0.05) is 25.5 Å². The second-order valence-corrected chi connectivity index (χ2v) is 12.8. The summed E-state index contributed by atoms with van der Waals surface area (Å²) in [6.45, 7) is 7.00. The number of aromatic nitrogens is 4. The van der Waals surface area contributed by atoms with Crippen molar-refractivity contribution in [3.63, 3.8) is 0 Å². The van der Waals surface area contributed by atoms with Crippen LogP contribution in [0.3, 0.4) is 0 Å². The van der Waals surface area contributed by atoms with Gasteiger partial charge in [-0.25, -0.2) is 30.5 Å². The number of aldehydes is 2. The van der Waals surface area contributed by atoms with Gasteiger partial charge < -0.3 is 48.1 Å². The highest BCUT2D eigenvalue weighted by Crippen LogP contribution is 2.40. The van der Waals surface area contributed by atoms with E-state index in [2.05, 4.69) is 33.1 Å². The Morgan fingerprint density at radius 3 is 1.51 bits per heavy atom. The average molecular weight is 1040 g/mol. The summed E-state index contributed by atoms with van der Waals surface area (Å²) in [6, 6.07) is 14.2. The molecule has 7 rings (SSSR count). The molecule has 0 spiro atoms. The number of aliphatic hydroxyl groups is 2. The van der Waals surface area contributed by atoms with Gasteiger partial charge in [0.2, 0.25) is 5.78 Å². The molecule has 0 amide bonds. The van der Waals surface area contributed by atoms with E-state index in [4.69, 9.17) is 58.6 Å². The number of hydrogen-bond donors (Lipinski definition) is 2. The highest BCUT2D eigenvalue weighted by Gasteiger charge is 2.29. The summed E-state index contributed by atoms with van der Waals surface area (Å²) in [5.41, 5.74) is 0.388. The van der Waals surface area contributed by atoms with Crippen LogP contribution in [0.2, 0.25) is 0 Å². The molecule has 0 atom stereocenters. The van der Waals surface area contributed by atoms with Crippen LogP contribution in [0.15, 0.2) is 91.8 Å². The van der Waals surface area contributed by atoms with Crippen molar-refractivity contribution in [2.75, 3.05) is 56.9 Å². The van der Waals surface area contributed by atoms with Crippen LogP contribution in [-0.2, 0) is 0 Å². The third-order valence-corrected chi connectivity index (χ3v) is 9.10. The lowest BCUT2D eigenvalue weighted by molar-refractivity contribution is -0.387. The Bertz CT molecular complexity index is 2840. The number of nitrogens with zero attached hydrogens (tertiary/aromatic N) is 8. The summed E-state index contributed by atoms with van der Waals surface area (Å²) in [5.74, 6) is 2.36. The molecule has 4 aromatic carbocycles. The summed E-state index contributed by atoms with van der Waals surface area (Å²) in [4.78, 5) is 79.1. The Balaban J connectivity index is 0. The van der Waals surface area contributed by atoms with Gasteiger partial charge in [0.1, 0.15) is 69.5 Å². The number of carbonyl (C=O) groups excluding carboxylic acids is 4. The standard InChI is InChI=1S/C10H10N2O2.C9H11NO6.C9H9NO5.C9H10O3.C8H4N2O2.2CHN.2CH4/c1-13-8-3-4-9(14-2)10-7(8)5-11-6-12-10;1-15-5-3-4-6(16-2)8(10(13)14)7(5)9(11)12;1-14-7-3-4-8(15-2)9(10(12)13)6(7)5-11;1-11-8-3-4-9(12-2)7(5-8)6-10;11-6-1-2-7(12)8-5(6)3-9-4-10-8;2*1-2;;/h3-6H,1-2H3;3-4,9,11-12H,1-2H3;3-5H,1-2H3;3-6H,1-2H3;1-4H;2*1H;2*1H4. The molecular weight excluding hydrogens is 989 g/mol. The molecule has 1 aliphatic carbocycles. The largest absolute Gasteiger partial charge is 0.497 e. The zero-order valence-electron chi connectivity index (χ0n) is 40.1. The smallest absolute Gasteiger partial charge is 0.325 e. The summed E-state index contributed by atoms with van der Waals surface area (Å²) in [5, 5.41) is 53.6. The maximum Gasteiger partial charge on any atom is 0.325 e. The SMILES string of the molecule is C.C.C#N.C#N.COc1ccc(OC)c(C=O)c1.COc1ccc(OC)c([N+](=O)[O-])c1C(O)O.COc1ccc(OC)c([N+](=O)[O-])c1C=O.COc1ccc(OC)c2ncncc12.O=C1C=CC(=O)c2ncncc21. The molecule has 0 saturated carbocycles. The molecule has 26 heteroatoms. The number of nitriles is 2. The van der Waals surface area contributed by atoms with Crippen LogP contribution in [0.25, 0.3) is 10.9 Å². The number of nitro benzene ring substituents is 2. The Kier molecular flexibility index (Phi) is 31.2. The lowest BCUT2D eigenvalue weighted by Gasteiger charge is -2.12. The fourth-order valence-corrected chi connectivity index (χ4v) is 5.89. The van der Waals surface area contributed by atoms with Crippen molar-refractivity contribution in [2.24, 2.45) is 0 Å². The molecule has 0 fully saturated rings. The van der Waals surface area contributed by atoms with Crippen LogP contribution >= 0.6 is 0 Å². The van der Waals surface area contributed by atoms with Crippen LogP contribution in [-0.4, -0.2) is 121 Å². The molecular formula is C49H54N8O18. The molecule has 6 aromatic rings. The predicted molar refractivity (Wildman–Crippen MR) is 269 cm³/mol. The van der Waals surface area contributed by atoms with E-state index in [1.54, 1.807) is 45.7 Å². The van der Waals surface area contributed by atoms with Gasteiger partial charge in [0.25, 0.3) is 0 Å². The Hall–Kier alpha value is -10.2. The lowest BCUT2D eigenvalue weighted by atomic mass is 10.0. The van der Waals surface area contributed by atoms with Crippen molar-refractivity contribution in [3.8, 4) is 59.1 Å². The van der Waals surface area contributed by atoms with E-state index >= 15 is 0 Å². The number of carbonyl (C=O) groups is 4. The molecule has 2 aromatic heterocycles. The van der Waals surface area contributed by atoms with E-state index in [1.807, 2.05) is 12.1 Å². The number of ether oxygens (including phenoxy) is 8. The molecule has 0 radical (unpaired) electrons. The summed E-state index contributed by atoms with van der Waals surface area (Å²) in [6.07, 6.45) is 7.36. The monoisotopic (exact) mass is 1040 g/mol. The number of hydrogen-bond acceptors (Lipinski definition) is 24. The van der Waals surface area contributed by atoms with Crippen LogP contribution in [0.4, 0.5) is 11.4 Å². The topological polar surface area (TPSA) is 368 Å². The Morgan fingerprint density at radius 2 is 1.03 bits per heavy atom. The third-order valence-electron chi connectivity index (χ3n) is 9.10. The number of nitro groups is 2. The number of methoxy groups -OCH3 is 8. The van der Waals surface area contributed by atoms with E-state index in [9.17, 15) is 39.4 Å². The minimum absolute atomic E-state index is 0. The first kappa shape index (κ1) is 66.9. The van der Waals surface area contributed by atoms with Crippen LogP contribution in [0.1, 0.15) is 68.3 Å². The van der Waals surface area contributed by atoms with Crippen molar-refractivity contribution in [1.82, 2.24) is 19.9 Å². The quantitative estimate of drug-likeness (QED) is 0.0501. The fourth-order valence-electron chi connectivity index (χ4n) is 5.89. The maximum absolute atomic E-state index is 11.1. The number of fused-ring (bicyclic) bond motifs is 2. The van der Waals surface area contributed by atoms with Gasteiger partial charge in [-0.15, -0.1) is 0 Å². The first-order valence-electron chi connectivity index (χ1n) is 19.8. The highest BCUT2D eigenvalue weighted by atomic mass is 16.6. The van der Waals surface area contributed by atoms with Crippen molar-refractivity contribution in [2.45, 2.75) is 21.1 Å². The van der Waals surface area contributed by atoms with Gasteiger partial charge in [0.05, 0.1) is 83.2 Å². The number of benzene rings is 4. The normalized spacial score (nSPS) is 9.85. The first-order valence-corrected chi connectivity index (χ1v) is 19.8. The molecule has 398 valence electrons. The minimum Gasteiger partial charge on any atom is -0.497 e. The molecule has 0 saturated heterocycles. The summed E-state index contributed by atoms with van der Waals surface area (Å²) < 4.78 is 39.5. The lowest BCUT2D eigenvalue weighted by Crippen LogP contribution is -2.13. The molecule has 1 aliphatic rings. The van der Waals surface area contributed by atoms with Crippen LogP contribution in [0.5, 0.6) is 46.0 Å².